The molecule has 0 amide bonds. The number of fused-ring (bicyclic) bond motifs is 2. The minimum atomic E-state index is 0.468. The first-order valence-corrected chi connectivity index (χ1v) is 9.93. The van der Waals surface area contributed by atoms with Crippen LogP contribution in [-0.2, 0) is 13.6 Å². The van der Waals surface area contributed by atoms with E-state index in [1.165, 1.54) is 36.6 Å². The van der Waals surface area contributed by atoms with Crippen molar-refractivity contribution < 1.29 is 0 Å². The molecule has 0 spiro atoms. The largest absolute Gasteiger partial charge is 0.355 e. The Balaban J connectivity index is 1.57. The van der Waals surface area contributed by atoms with Crippen LogP contribution in [0.4, 0.5) is 5.82 Å². The molecule has 1 aliphatic carbocycles. The molecule has 5 rings (SSSR count). The van der Waals surface area contributed by atoms with Crippen LogP contribution in [0.15, 0.2) is 42.9 Å². The molecular weight excluding hydrogens is 348 g/mol. The summed E-state index contributed by atoms with van der Waals surface area (Å²) in [7, 11) is 4.06. The number of pyridine rings is 1. The highest BCUT2D eigenvalue weighted by atomic mass is 15.3. The molecule has 3 heterocycles. The summed E-state index contributed by atoms with van der Waals surface area (Å²) in [6, 6.07) is 8.46. The highest BCUT2D eigenvalue weighted by molar-refractivity contribution is 5.88. The first-order valence-electron chi connectivity index (χ1n) is 9.93. The predicted octanol–water partition coefficient (Wildman–Crippen LogP) is 4.21. The first-order chi connectivity index (χ1) is 13.7. The molecule has 1 aliphatic rings. The molecule has 0 unspecified atom stereocenters. The van der Waals surface area contributed by atoms with Gasteiger partial charge < -0.3 is 4.90 Å². The molecule has 1 saturated carbocycles. The van der Waals surface area contributed by atoms with Gasteiger partial charge in [0, 0.05) is 44.3 Å². The lowest BCUT2D eigenvalue weighted by molar-refractivity contribution is 0.664. The van der Waals surface area contributed by atoms with Gasteiger partial charge in [-0.05, 0) is 29.9 Å². The molecule has 0 N–H and O–H groups in total. The molecular formula is C22H24N6. The molecule has 1 aromatic carbocycles. The Bertz CT molecular complexity index is 1140. The summed E-state index contributed by atoms with van der Waals surface area (Å²) in [5.74, 6) is 2.40. The van der Waals surface area contributed by atoms with Crippen LogP contribution in [0.1, 0.15) is 43.0 Å². The van der Waals surface area contributed by atoms with E-state index >= 15 is 0 Å². The summed E-state index contributed by atoms with van der Waals surface area (Å²) in [4.78, 5) is 16.4. The Morgan fingerprint density at radius 1 is 1.07 bits per heavy atom. The third-order valence-electron chi connectivity index (χ3n) is 5.85. The molecule has 28 heavy (non-hydrogen) atoms. The first kappa shape index (κ1) is 17.1. The maximum absolute atomic E-state index is 5.02. The zero-order valence-corrected chi connectivity index (χ0v) is 16.3. The number of hydrogen-bond acceptors (Lipinski definition) is 5. The zero-order valence-electron chi connectivity index (χ0n) is 16.3. The van der Waals surface area contributed by atoms with Crippen LogP contribution in [0.5, 0.6) is 0 Å². The van der Waals surface area contributed by atoms with Gasteiger partial charge in [-0.25, -0.2) is 9.97 Å². The van der Waals surface area contributed by atoms with Crippen LogP contribution in [0, 0.1) is 0 Å². The molecule has 0 bridgehead atoms. The van der Waals surface area contributed by atoms with Crippen molar-refractivity contribution in [3.05, 3.63) is 54.2 Å². The van der Waals surface area contributed by atoms with E-state index in [2.05, 4.69) is 46.3 Å². The standard InChI is InChI=1S/C22H24N6/c1-27(14-17-9-5-8-16-12-23-11-10-18(16)17)21-19-13-24-28(2)22(19)26-20(25-21)15-6-3-4-7-15/h5,8-13,15H,3-4,6-7,14H2,1-2H3. The highest BCUT2D eigenvalue weighted by Crippen LogP contribution is 2.35. The van der Waals surface area contributed by atoms with E-state index in [4.69, 9.17) is 9.97 Å². The van der Waals surface area contributed by atoms with Crippen LogP contribution in [-0.4, -0.2) is 31.8 Å². The topological polar surface area (TPSA) is 59.7 Å². The van der Waals surface area contributed by atoms with Crippen molar-refractivity contribution >= 4 is 27.6 Å². The van der Waals surface area contributed by atoms with Crippen LogP contribution >= 0.6 is 0 Å². The Morgan fingerprint density at radius 3 is 2.79 bits per heavy atom. The zero-order chi connectivity index (χ0) is 19.1. The van der Waals surface area contributed by atoms with Crippen molar-refractivity contribution in [1.29, 1.82) is 0 Å². The Kier molecular flexibility index (Phi) is 4.19. The van der Waals surface area contributed by atoms with Crippen LogP contribution in [0.25, 0.3) is 21.8 Å². The molecule has 4 aromatic rings. The third kappa shape index (κ3) is 2.89. The molecule has 6 heteroatoms. The quantitative estimate of drug-likeness (QED) is 0.537. The smallest absolute Gasteiger partial charge is 0.163 e. The summed E-state index contributed by atoms with van der Waals surface area (Å²) in [6.45, 7) is 0.770. The highest BCUT2D eigenvalue weighted by Gasteiger charge is 2.23. The number of hydrogen-bond donors (Lipinski definition) is 0. The van der Waals surface area contributed by atoms with Crippen molar-refractivity contribution in [2.75, 3.05) is 11.9 Å². The van der Waals surface area contributed by atoms with E-state index in [0.29, 0.717) is 5.92 Å². The lowest BCUT2D eigenvalue weighted by atomic mass is 10.1. The van der Waals surface area contributed by atoms with E-state index in [1.54, 1.807) is 0 Å². The fourth-order valence-corrected chi connectivity index (χ4v) is 4.34. The van der Waals surface area contributed by atoms with E-state index in [0.717, 1.165) is 34.6 Å². The fraction of sp³-hybridized carbons (Fsp3) is 0.364. The maximum Gasteiger partial charge on any atom is 0.163 e. The molecule has 0 saturated heterocycles. The fourth-order valence-electron chi connectivity index (χ4n) is 4.34. The van der Waals surface area contributed by atoms with Gasteiger partial charge in [0.05, 0.1) is 11.6 Å². The Labute approximate surface area is 164 Å². The van der Waals surface area contributed by atoms with Gasteiger partial charge in [0.25, 0.3) is 0 Å². The van der Waals surface area contributed by atoms with Crippen LogP contribution in [0.3, 0.4) is 0 Å². The number of rotatable bonds is 4. The molecule has 3 aromatic heterocycles. The summed E-state index contributed by atoms with van der Waals surface area (Å²) in [6.07, 6.45) is 10.6. The predicted molar refractivity (Wildman–Crippen MR) is 111 cm³/mol. The van der Waals surface area contributed by atoms with Crippen molar-refractivity contribution in [3.63, 3.8) is 0 Å². The van der Waals surface area contributed by atoms with Crippen molar-refractivity contribution in [1.82, 2.24) is 24.7 Å². The average Bonchev–Trinajstić information content (AvgIpc) is 3.38. The molecule has 0 atom stereocenters. The number of aromatic nitrogens is 5. The SMILES string of the molecule is CN(Cc1cccc2cnccc12)c1nc(C2CCCC2)nc2c1cnn2C. The lowest BCUT2D eigenvalue weighted by Gasteiger charge is -2.21. The van der Waals surface area contributed by atoms with Gasteiger partial charge in [0.1, 0.15) is 11.6 Å². The number of aryl methyl sites for hydroxylation is 1. The molecule has 0 aliphatic heterocycles. The molecule has 1 fully saturated rings. The van der Waals surface area contributed by atoms with E-state index in [-0.39, 0.29) is 0 Å². The second-order valence-electron chi connectivity index (χ2n) is 7.76. The van der Waals surface area contributed by atoms with Gasteiger partial charge in [-0.1, -0.05) is 31.0 Å². The average molecular weight is 372 g/mol. The molecule has 6 nitrogen and oxygen atoms in total. The second-order valence-corrected chi connectivity index (χ2v) is 7.76. The van der Waals surface area contributed by atoms with E-state index in [1.807, 2.05) is 30.3 Å². The summed E-state index contributed by atoms with van der Waals surface area (Å²) < 4.78 is 1.86. The lowest BCUT2D eigenvalue weighted by Crippen LogP contribution is -2.20. The van der Waals surface area contributed by atoms with E-state index < -0.39 is 0 Å². The van der Waals surface area contributed by atoms with E-state index in [9.17, 15) is 0 Å². The van der Waals surface area contributed by atoms with Crippen molar-refractivity contribution in [3.8, 4) is 0 Å². The van der Waals surface area contributed by atoms with Gasteiger partial charge in [0.2, 0.25) is 0 Å². The van der Waals surface area contributed by atoms with Gasteiger partial charge in [-0.3, -0.25) is 9.67 Å². The van der Waals surface area contributed by atoms with Crippen LogP contribution < -0.4 is 4.90 Å². The number of nitrogens with zero attached hydrogens (tertiary/aromatic N) is 6. The Hall–Kier alpha value is -3.02. The summed E-state index contributed by atoms with van der Waals surface area (Å²) >= 11 is 0. The monoisotopic (exact) mass is 372 g/mol. The Morgan fingerprint density at radius 2 is 1.93 bits per heavy atom. The minimum absolute atomic E-state index is 0.468. The normalized spacial score (nSPS) is 14.9. The maximum atomic E-state index is 5.02. The summed E-state index contributed by atoms with van der Waals surface area (Å²) in [5, 5.41) is 7.85. The minimum Gasteiger partial charge on any atom is -0.355 e. The van der Waals surface area contributed by atoms with Gasteiger partial charge in [0.15, 0.2) is 5.65 Å². The number of anilines is 1. The third-order valence-corrected chi connectivity index (χ3v) is 5.85. The van der Waals surface area contributed by atoms with Gasteiger partial charge in [-0.2, -0.15) is 5.10 Å². The van der Waals surface area contributed by atoms with Crippen molar-refractivity contribution in [2.45, 2.75) is 38.1 Å². The molecule has 0 radical (unpaired) electrons. The van der Waals surface area contributed by atoms with Gasteiger partial charge in [-0.15, -0.1) is 0 Å². The second kappa shape index (κ2) is 6.86. The summed E-state index contributed by atoms with van der Waals surface area (Å²) in [5.41, 5.74) is 2.18. The van der Waals surface area contributed by atoms with Gasteiger partial charge >= 0.3 is 0 Å². The van der Waals surface area contributed by atoms with Crippen molar-refractivity contribution in [2.24, 2.45) is 7.05 Å². The molecule has 142 valence electrons. The number of benzene rings is 1. The van der Waals surface area contributed by atoms with Crippen LogP contribution in [0.2, 0.25) is 0 Å².